The largest absolute Gasteiger partial charge is 0.0804 e. The third kappa shape index (κ3) is 3.43. The number of hydrogen-bond acceptors (Lipinski definition) is 0. The number of rotatable bonds is 4. The highest BCUT2D eigenvalue weighted by molar-refractivity contribution is 5.86. The number of fused-ring (bicyclic) bond motifs is 3. The van der Waals surface area contributed by atoms with Crippen molar-refractivity contribution in [2.24, 2.45) is 0 Å². The van der Waals surface area contributed by atoms with Gasteiger partial charge in [-0.2, -0.15) is 0 Å². The zero-order valence-electron chi connectivity index (χ0n) is 20.8. The van der Waals surface area contributed by atoms with E-state index in [2.05, 4.69) is 109 Å². The maximum atomic E-state index is 2.45. The Morgan fingerprint density at radius 1 is 0.583 bits per heavy atom. The third-order valence-electron chi connectivity index (χ3n) is 8.84. The fraction of sp³-hybridized carbons (Fsp3) is 0.222. The van der Waals surface area contributed by atoms with Gasteiger partial charge < -0.3 is 0 Å². The van der Waals surface area contributed by atoms with E-state index in [1.54, 1.807) is 16.7 Å². The maximum Gasteiger partial charge on any atom is 0.0177 e. The first-order chi connectivity index (χ1) is 17.8. The van der Waals surface area contributed by atoms with Gasteiger partial charge in [-0.3, -0.25) is 0 Å². The Bertz CT molecular complexity index is 1480. The van der Waals surface area contributed by atoms with Crippen LogP contribution in [-0.2, 0) is 11.8 Å². The summed E-state index contributed by atoms with van der Waals surface area (Å²) < 4.78 is 0. The fourth-order valence-corrected chi connectivity index (χ4v) is 7.18. The topological polar surface area (TPSA) is 0 Å². The van der Waals surface area contributed by atoms with Crippen LogP contribution in [0.15, 0.2) is 115 Å². The van der Waals surface area contributed by atoms with Gasteiger partial charge in [0.1, 0.15) is 0 Å². The molecule has 0 N–H and O–H groups in total. The van der Waals surface area contributed by atoms with E-state index in [9.17, 15) is 0 Å². The van der Waals surface area contributed by atoms with Gasteiger partial charge in [0, 0.05) is 5.41 Å². The second-order valence-corrected chi connectivity index (χ2v) is 10.8. The summed E-state index contributed by atoms with van der Waals surface area (Å²) in [5.41, 5.74) is 14.7. The first kappa shape index (κ1) is 21.6. The van der Waals surface area contributed by atoms with Crippen LogP contribution in [0.5, 0.6) is 0 Å². The molecule has 1 saturated carbocycles. The number of benzene rings is 4. The predicted octanol–water partition coefficient (Wildman–Crippen LogP) is 9.68. The maximum absolute atomic E-state index is 2.45. The Morgan fingerprint density at radius 2 is 1.28 bits per heavy atom. The molecule has 0 spiro atoms. The Balaban J connectivity index is 1.44. The van der Waals surface area contributed by atoms with Crippen LogP contribution >= 0.6 is 0 Å². The molecule has 3 aliphatic carbocycles. The summed E-state index contributed by atoms with van der Waals surface area (Å²) in [6.45, 7) is 0. The normalized spacial score (nSPS) is 17.5. The van der Waals surface area contributed by atoms with Gasteiger partial charge in [0.2, 0.25) is 0 Å². The van der Waals surface area contributed by atoms with Gasteiger partial charge in [0.25, 0.3) is 0 Å². The molecule has 1 fully saturated rings. The van der Waals surface area contributed by atoms with Crippen LogP contribution < -0.4 is 0 Å². The van der Waals surface area contributed by atoms with Gasteiger partial charge in [-0.15, -0.1) is 0 Å². The predicted molar refractivity (Wildman–Crippen MR) is 152 cm³/mol. The van der Waals surface area contributed by atoms with Crippen molar-refractivity contribution in [1.29, 1.82) is 0 Å². The Labute approximate surface area is 215 Å². The van der Waals surface area contributed by atoms with Crippen molar-refractivity contribution >= 4 is 0 Å². The minimum atomic E-state index is 0.141. The van der Waals surface area contributed by atoms with Crippen molar-refractivity contribution in [2.75, 3.05) is 0 Å². The minimum absolute atomic E-state index is 0.141. The van der Waals surface area contributed by atoms with E-state index in [1.165, 1.54) is 71.0 Å². The lowest BCUT2D eigenvalue weighted by Gasteiger charge is -2.42. The van der Waals surface area contributed by atoms with Crippen LogP contribution in [0.2, 0.25) is 0 Å². The average Bonchev–Trinajstić information content (AvgIpc) is 3.62. The number of hydrogen-bond donors (Lipinski definition) is 0. The van der Waals surface area contributed by atoms with Gasteiger partial charge in [0.05, 0.1) is 0 Å². The molecular formula is C36H32. The second kappa shape index (κ2) is 8.79. The molecule has 0 unspecified atom stereocenters. The lowest BCUT2D eigenvalue weighted by atomic mass is 9.61. The molecule has 0 aliphatic heterocycles. The molecule has 4 aromatic carbocycles. The smallest absolute Gasteiger partial charge is 0.0177 e. The van der Waals surface area contributed by atoms with Crippen molar-refractivity contribution in [1.82, 2.24) is 0 Å². The third-order valence-corrected chi connectivity index (χ3v) is 8.84. The Morgan fingerprint density at radius 3 is 2.00 bits per heavy atom. The van der Waals surface area contributed by atoms with Crippen LogP contribution in [0.1, 0.15) is 55.2 Å². The van der Waals surface area contributed by atoms with Gasteiger partial charge in [-0.25, -0.2) is 0 Å². The van der Waals surface area contributed by atoms with Crippen LogP contribution in [0, 0.1) is 0 Å². The molecule has 7 rings (SSSR count). The standard InChI is InChI=1S/C36H32/c1-4-12-26(13-5-1)28-18-19-31-29(24-28)25-34-33(31)21-20-32(27-14-6-2-7-15-27)35(34)36(22-10-3-11-23-36)30-16-8-9-17-30/h1-2,4-9,12-16,18-21,24H,3,10-11,17,22-23,25H2. The zero-order valence-corrected chi connectivity index (χ0v) is 20.8. The van der Waals surface area contributed by atoms with Gasteiger partial charge in [0.15, 0.2) is 0 Å². The summed E-state index contributed by atoms with van der Waals surface area (Å²) in [5.74, 6) is 0. The molecule has 36 heavy (non-hydrogen) atoms. The quantitative estimate of drug-likeness (QED) is 0.248. The van der Waals surface area contributed by atoms with Crippen LogP contribution in [0.4, 0.5) is 0 Å². The summed E-state index contributed by atoms with van der Waals surface area (Å²) in [6, 6.07) is 33.9. The number of allylic oxidation sites excluding steroid dienone is 4. The van der Waals surface area contributed by atoms with Crippen molar-refractivity contribution in [3.63, 3.8) is 0 Å². The van der Waals surface area contributed by atoms with E-state index in [0.717, 1.165) is 12.8 Å². The van der Waals surface area contributed by atoms with E-state index in [4.69, 9.17) is 0 Å². The zero-order chi connectivity index (χ0) is 24.0. The van der Waals surface area contributed by atoms with Gasteiger partial charge in [-0.1, -0.05) is 134 Å². The summed E-state index contributed by atoms with van der Waals surface area (Å²) in [4.78, 5) is 0. The molecule has 0 radical (unpaired) electrons. The first-order valence-corrected chi connectivity index (χ1v) is 13.6. The van der Waals surface area contributed by atoms with E-state index >= 15 is 0 Å². The molecule has 0 bridgehead atoms. The first-order valence-electron chi connectivity index (χ1n) is 13.6. The second-order valence-electron chi connectivity index (χ2n) is 10.8. The van der Waals surface area contributed by atoms with Gasteiger partial charge >= 0.3 is 0 Å². The van der Waals surface area contributed by atoms with E-state index in [0.29, 0.717) is 0 Å². The molecule has 176 valence electrons. The summed E-state index contributed by atoms with van der Waals surface area (Å²) in [7, 11) is 0. The summed E-state index contributed by atoms with van der Waals surface area (Å²) in [5, 5.41) is 0. The molecule has 0 amide bonds. The highest BCUT2D eigenvalue weighted by atomic mass is 14.5. The minimum Gasteiger partial charge on any atom is -0.0804 e. The lowest BCUT2D eigenvalue weighted by molar-refractivity contribution is 0.336. The molecule has 4 aromatic rings. The van der Waals surface area contributed by atoms with E-state index in [1.807, 2.05) is 0 Å². The molecule has 3 aliphatic rings. The molecule has 0 atom stereocenters. The molecule has 0 saturated heterocycles. The highest BCUT2D eigenvalue weighted by Crippen LogP contribution is 2.54. The average molecular weight is 465 g/mol. The SMILES string of the molecule is C1=CCC(C2(c3c(-c4ccccc4)ccc4c3Cc3cc(-c5ccccc5)ccc3-4)CCCCC2)=C1. The Kier molecular flexibility index (Phi) is 5.28. The van der Waals surface area contributed by atoms with Crippen molar-refractivity contribution in [2.45, 2.75) is 50.4 Å². The summed E-state index contributed by atoms with van der Waals surface area (Å²) >= 11 is 0. The van der Waals surface area contributed by atoms with Gasteiger partial charge in [-0.05, 0) is 75.8 Å². The molecule has 0 nitrogen and oxygen atoms in total. The fourth-order valence-electron chi connectivity index (χ4n) is 7.18. The van der Waals surface area contributed by atoms with Crippen LogP contribution in [-0.4, -0.2) is 0 Å². The van der Waals surface area contributed by atoms with E-state index < -0.39 is 0 Å². The Hall–Kier alpha value is -3.64. The van der Waals surface area contributed by atoms with E-state index in [-0.39, 0.29) is 5.41 Å². The van der Waals surface area contributed by atoms with Crippen molar-refractivity contribution in [3.8, 4) is 33.4 Å². The summed E-state index contributed by atoms with van der Waals surface area (Å²) in [6.07, 6.45) is 15.8. The molecule has 0 heteroatoms. The molecule has 0 heterocycles. The monoisotopic (exact) mass is 464 g/mol. The van der Waals surface area contributed by atoms with Crippen molar-refractivity contribution < 1.29 is 0 Å². The lowest BCUT2D eigenvalue weighted by Crippen LogP contribution is -2.33. The van der Waals surface area contributed by atoms with Crippen LogP contribution in [0.25, 0.3) is 33.4 Å². The molecule has 0 aromatic heterocycles. The van der Waals surface area contributed by atoms with Crippen molar-refractivity contribution in [3.05, 3.63) is 131 Å². The van der Waals surface area contributed by atoms with Crippen LogP contribution in [0.3, 0.4) is 0 Å². The molecular weight excluding hydrogens is 432 g/mol. The highest BCUT2D eigenvalue weighted by Gasteiger charge is 2.42.